The highest BCUT2D eigenvalue weighted by atomic mass is 16.4. The molecule has 106 valence electrons. The maximum atomic E-state index is 11.7. The molecule has 1 heterocycles. The predicted molar refractivity (Wildman–Crippen MR) is 77.8 cm³/mol. The zero-order valence-electron chi connectivity index (χ0n) is 10.9. The molecule has 0 saturated carbocycles. The van der Waals surface area contributed by atoms with Crippen molar-refractivity contribution in [3.63, 3.8) is 0 Å². The molecule has 7 nitrogen and oxygen atoms in total. The fourth-order valence-electron chi connectivity index (χ4n) is 1.47. The molecule has 0 saturated heterocycles. The van der Waals surface area contributed by atoms with Gasteiger partial charge in [-0.3, -0.25) is 5.32 Å². The van der Waals surface area contributed by atoms with Crippen LogP contribution in [0.2, 0.25) is 0 Å². The molecule has 0 aliphatic rings. The van der Waals surface area contributed by atoms with E-state index in [1.54, 1.807) is 30.3 Å². The van der Waals surface area contributed by atoms with Gasteiger partial charge in [-0.15, -0.1) is 0 Å². The fraction of sp³-hybridized carbons (Fsp3) is 0. The van der Waals surface area contributed by atoms with Crippen LogP contribution < -0.4 is 10.6 Å². The number of nitrogens with one attached hydrogen (secondary N) is 2. The van der Waals surface area contributed by atoms with Crippen LogP contribution in [-0.2, 0) is 4.79 Å². The van der Waals surface area contributed by atoms with Gasteiger partial charge < -0.3 is 10.4 Å². The Morgan fingerprint density at radius 2 is 1.71 bits per heavy atom. The van der Waals surface area contributed by atoms with Crippen LogP contribution in [0.3, 0.4) is 0 Å². The minimum Gasteiger partial charge on any atom is -0.478 e. The maximum absolute atomic E-state index is 11.7. The Balaban J connectivity index is 1.94. The van der Waals surface area contributed by atoms with Crippen molar-refractivity contribution in [3.8, 4) is 0 Å². The zero-order chi connectivity index (χ0) is 15.1. The molecule has 2 rings (SSSR count). The molecule has 21 heavy (non-hydrogen) atoms. The number of hydrogen-bond donors (Lipinski definition) is 3. The minimum atomic E-state index is -1.01. The van der Waals surface area contributed by atoms with E-state index < -0.39 is 12.0 Å². The van der Waals surface area contributed by atoms with Gasteiger partial charge in [-0.05, 0) is 29.8 Å². The lowest BCUT2D eigenvalue weighted by Crippen LogP contribution is -2.20. The highest BCUT2D eigenvalue weighted by molar-refractivity contribution is 5.98. The molecule has 7 heteroatoms. The quantitative estimate of drug-likeness (QED) is 0.747. The lowest BCUT2D eigenvalue weighted by atomic mass is 10.2. The summed E-state index contributed by atoms with van der Waals surface area (Å²) in [4.78, 5) is 29.8. The van der Waals surface area contributed by atoms with E-state index >= 15 is 0 Å². The van der Waals surface area contributed by atoms with E-state index in [2.05, 4.69) is 20.6 Å². The van der Waals surface area contributed by atoms with Crippen LogP contribution >= 0.6 is 0 Å². The summed E-state index contributed by atoms with van der Waals surface area (Å²) in [5.74, 6) is -0.810. The van der Waals surface area contributed by atoms with Gasteiger partial charge in [-0.2, -0.15) is 0 Å². The molecule has 0 bridgehead atoms. The molecule has 1 aromatic heterocycles. The van der Waals surface area contributed by atoms with Gasteiger partial charge in [-0.25, -0.2) is 19.6 Å². The minimum absolute atomic E-state index is 0.205. The van der Waals surface area contributed by atoms with Crippen LogP contribution in [0, 0.1) is 0 Å². The number of hydrogen-bond acceptors (Lipinski definition) is 4. The van der Waals surface area contributed by atoms with Gasteiger partial charge in [0.15, 0.2) is 0 Å². The van der Waals surface area contributed by atoms with Crippen LogP contribution in [0.15, 0.2) is 48.8 Å². The standard InChI is InChI=1S/C14H12N4O3/c19-12(20)7-4-10-2-5-11(6-3-10)17-14(21)18-13-15-8-1-9-16-13/h1-9H,(H,19,20)(H2,15,16,17,18,21)/b7-4+. The largest absolute Gasteiger partial charge is 0.478 e. The van der Waals surface area contributed by atoms with Crippen molar-refractivity contribution in [1.29, 1.82) is 0 Å². The van der Waals surface area contributed by atoms with E-state index in [1.807, 2.05) is 0 Å². The SMILES string of the molecule is O=C(O)/C=C/c1ccc(NC(=O)Nc2ncccn2)cc1. The predicted octanol–water partition coefficient (Wildman–Crippen LogP) is 2.22. The molecular formula is C14H12N4O3. The van der Waals surface area contributed by atoms with Gasteiger partial charge in [0.2, 0.25) is 5.95 Å². The molecule has 2 aromatic rings. The summed E-state index contributed by atoms with van der Waals surface area (Å²) in [6, 6.07) is 7.88. The molecule has 1 aromatic carbocycles. The maximum Gasteiger partial charge on any atom is 0.328 e. The first-order valence-electron chi connectivity index (χ1n) is 5.99. The van der Waals surface area contributed by atoms with E-state index in [-0.39, 0.29) is 5.95 Å². The third kappa shape index (κ3) is 4.75. The summed E-state index contributed by atoms with van der Waals surface area (Å²) >= 11 is 0. The number of carbonyl (C=O) groups is 2. The number of aromatic nitrogens is 2. The van der Waals surface area contributed by atoms with Crippen LogP contribution in [0.5, 0.6) is 0 Å². The molecule has 0 radical (unpaired) electrons. The van der Waals surface area contributed by atoms with Gasteiger partial charge in [0.05, 0.1) is 0 Å². The van der Waals surface area contributed by atoms with Crippen LogP contribution in [0.4, 0.5) is 16.4 Å². The first-order chi connectivity index (χ1) is 10.1. The fourth-order valence-corrected chi connectivity index (χ4v) is 1.47. The number of anilines is 2. The Morgan fingerprint density at radius 1 is 1.05 bits per heavy atom. The van der Waals surface area contributed by atoms with Crippen molar-refractivity contribution in [2.45, 2.75) is 0 Å². The highest BCUT2D eigenvalue weighted by Gasteiger charge is 2.03. The Kier molecular flexibility index (Phi) is 4.60. The van der Waals surface area contributed by atoms with Gasteiger partial charge >= 0.3 is 12.0 Å². The van der Waals surface area contributed by atoms with E-state index in [4.69, 9.17) is 5.11 Å². The number of carboxylic acid groups (broad SMARTS) is 1. The second-order valence-corrected chi connectivity index (χ2v) is 3.95. The monoisotopic (exact) mass is 284 g/mol. The number of carbonyl (C=O) groups excluding carboxylic acids is 1. The van der Waals surface area contributed by atoms with E-state index in [0.717, 1.165) is 11.6 Å². The summed E-state index contributed by atoms with van der Waals surface area (Å²) in [6.07, 6.45) is 5.55. The topological polar surface area (TPSA) is 104 Å². The van der Waals surface area contributed by atoms with E-state index in [9.17, 15) is 9.59 Å². The van der Waals surface area contributed by atoms with Crippen LogP contribution in [0.25, 0.3) is 6.08 Å². The van der Waals surface area contributed by atoms with Gasteiger partial charge in [-0.1, -0.05) is 12.1 Å². The molecule has 0 aliphatic heterocycles. The number of aliphatic carboxylic acids is 1. The second kappa shape index (κ2) is 6.80. The summed E-state index contributed by atoms with van der Waals surface area (Å²) in [5.41, 5.74) is 1.28. The summed E-state index contributed by atoms with van der Waals surface area (Å²) in [5, 5.41) is 13.6. The highest BCUT2D eigenvalue weighted by Crippen LogP contribution is 2.11. The summed E-state index contributed by atoms with van der Waals surface area (Å²) < 4.78 is 0. The van der Waals surface area contributed by atoms with Gasteiger partial charge in [0.1, 0.15) is 0 Å². The molecule has 0 aliphatic carbocycles. The molecule has 0 spiro atoms. The lowest BCUT2D eigenvalue weighted by Gasteiger charge is -2.06. The molecule has 0 atom stereocenters. The van der Waals surface area contributed by atoms with Crippen LogP contribution in [-0.4, -0.2) is 27.1 Å². The van der Waals surface area contributed by atoms with Crippen molar-refractivity contribution in [2.75, 3.05) is 10.6 Å². The molecule has 0 unspecified atom stereocenters. The van der Waals surface area contributed by atoms with Crippen molar-refractivity contribution < 1.29 is 14.7 Å². The van der Waals surface area contributed by atoms with Gasteiger partial charge in [0, 0.05) is 24.2 Å². The third-order valence-corrected chi connectivity index (χ3v) is 2.38. The summed E-state index contributed by atoms with van der Waals surface area (Å²) in [6.45, 7) is 0. The molecular weight excluding hydrogens is 272 g/mol. The van der Waals surface area contributed by atoms with Gasteiger partial charge in [0.25, 0.3) is 0 Å². The first kappa shape index (κ1) is 14.2. The molecule has 2 amide bonds. The molecule has 0 fully saturated rings. The average Bonchev–Trinajstić information content (AvgIpc) is 2.47. The normalized spacial score (nSPS) is 10.3. The number of amides is 2. The second-order valence-electron chi connectivity index (χ2n) is 3.95. The number of nitrogens with zero attached hydrogens (tertiary/aromatic N) is 2. The Bertz CT molecular complexity index is 654. The number of rotatable bonds is 4. The van der Waals surface area contributed by atoms with E-state index in [0.29, 0.717) is 5.69 Å². The Morgan fingerprint density at radius 3 is 2.33 bits per heavy atom. The Labute approximate surface area is 120 Å². The smallest absolute Gasteiger partial charge is 0.328 e. The number of urea groups is 1. The number of benzene rings is 1. The van der Waals surface area contributed by atoms with E-state index in [1.165, 1.54) is 18.5 Å². The lowest BCUT2D eigenvalue weighted by molar-refractivity contribution is -0.131. The first-order valence-corrected chi connectivity index (χ1v) is 5.99. The zero-order valence-corrected chi connectivity index (χ0v) is 10.9. The van der Waals surface area contributed by atoms with Crippen molar-refractivity contribution in [2.24, 2.45) is 0 Å². The Hall–Kier alpha value is -3.22. The van der Waals surface area contributed by atoms with Crippen molar-refractivity contribution in [1.82, 2.24) is 9.97 Å². The average molecular weight is 284 g/mol. The summed E-state index contributed by atoms with van der Waals surface area (Å²) in [7, 11) is 0. The third-order valence-electron chi connectivity index (χ3n) is 2.38. The van der Waals surface area contributed by atoms with Crippen molar-refractivity contribution >= 4 is 29.7 Å². The molecule has 3 N–H and O–H groups in total. The van der Waals surface area contributed by atoms with Crippen molar-refractivity contribution in [3.05, 3.63) is 54.4 Å². The number of carboxylic acids is 1. The van der Waals surface area contributed by atoms with Crippen LogP contribution in [0.1, 0.15) is 5.56 Å².